The van der Waals surface area contributed by atoms with Gasteiger partial charge in [-0.15, -0.1) is 0 Å². The molecule has 0 saturated carbocycles. The molecule has 3 aromatic rings. The third-order valence-electron chi connectivity index (χ3n) is 6.14. The fourth-order valence-corrected chi connectivity index (χ4v) is 4.18. The molecule has 2 unspecified atom stereocenters. The molecular weight excluding hydrogens is 449 g/mol. The summed E-state index contributed by atoms with van der Waals surface area (Å²) in [5.74, 6) is -1.12. The highest BCUT2D eigenvalue weighted by molar-refractivity contribution is 6.03. The number of methoxy groups -OCH3 is 1. The molecule has 0 aromatic heterocycles. The summed E-state index contributed by atoms with van der Waals surface area (Å²) in [6, 6.07) is 19.7. The van der Waals surface area contributed by atoms with E-state index < -0.39 is 29.7 Å². The average Bonchev–Trinajstić information content (AvgIpc) is 3.28. The van der Waals surface area contributed by atoms with Crippen molar-refractivity contribution in [3.8, 4) is 5.75 Å². The van der Waals surface area contributed by atoms with Gasteiger partial charge in [-0.1, -0.05) is 42.5 Å². The summed E-state index contributed by atoms with van der Waals surface area (Å²) in [6.07, 6.45) is 0.351. The average molecular weight is 476 g/mol. The molecule has 1 aliphatic heterocycles. The summed E-state index contributed by atoms with van der Waals surface area (Å²) in [4.78, 5) is 42.4. The molecule has 1 saturated heterocycles. The fraction of sp³-hybridized carbons (Fsp3) is 0.222. The zero-order valence-corrected chi connectivity index (χ0v) is 19.5. The Bertz CT molecular complexity index is 1220. The second-order valence-corrected chi connectivity index (χ2v) is 8.24. The zero-order valence-electron chi connectivity index (χ0n) is 19.5. The van der Waals surface area contributed by atoms with E-state index in [1.165, 1.54) is 30.0 Å². The Hall–Kier alpha value is -4.20. The van der Waals surface area contributed by atoms with E-state index in [1.54, 1.807) is 66.7 Å². The minimum Gasteiger partial charge on any atom is -0.497 e. The predicted molar refractivity (Wildman–Crippen MR) is 130 cm³/mol. The van der Waals surface area contributed by atoms with E-state index in [1.807, 2.05) is 6.07 Å². The first kappa shape index (κ1) is 23.9. The lowest BCUT2D eigenvalue weighted by atomic mass is 10.0. The van der Waals surface area contributed by atoms with E-state index in [0.717, 1.165) is 0 Å². The molecule has 3 aromatic carbocycles. The molecule has 1 aliphatic rings. The lowest BCUT2D eigenvalue weighted by molar-refractivity contribution is -0.138. The number of halogens is 1. The number of hydrogen-bond acceptors (Lipinski definition) is 4. The third kappa shape index (κ3) is 5.01. The van der Waals surface area contributed by atoms with Crippen LogP contribution in [0.25, 0.3) is 0 Å². The molecule has 1 N–H and O–H groups in total. The smallest absolute Gasteiger partial charge is 0.252 e. The number of ether oxygens (including phenoxy) is 1. The lowest BCUT2D eigenvalue weighted by Crippen LogP contribution is -2.48. The van der Waals surface area contributed by atoms with Crippen LogP contribution in [-0.2, 0) is 9.59 Å². The highest BCUT2D eigenvalue weighted by Gasteiger charge is 2.40. The summed E-state index contributed by atoms with van der Waals surface area (Å²) < 4.78 is 19.4. The summed E-state index contributed by atoms with van der Waals surface area (Å²) >= 11 is 0. The molecule has 3 amide bonds. The van der Waals surface area contributed by atoms with Crippen LogP contribution < -0.4 is 15.0 Å². The van der Waals surface area contributed by atoms with Crippen LogP contribution in [0.2, 0.25) is 0 Å². The maximum Gasteiger partial charge on any atom is 0.252 e. The van der Waals surface area contributed by atoms with Gasteiger partial charge in [0.1, 0.15) is 23.7 Å². The van der Waals surface area contributed by atoms with Gasteiger partial charge >= 0.3 is 0 Å². The first-order valence-corrected chi connectivity index (χ1v) is 11.2. The van der Waals surface area contributed by atoms with Gasteiger partial charge in [-0.3, -0.25) is 14.4 Å². The molecule has 180 valence electrons. The van der Waals surface area contributed by atoms with Gasteiger partial charge in [0.05, 0.1) is 12.8 Å². The number of carbonyl (C=O) groups is 3. The number of benzene rings is 3. The Morgan fingerprint density at radius 2 is 1.69 bits per heavy atom. The zero-order chi connectivity index (χ0) is 24.9. The van der Waals surface area contributed by atoms with Crippen LogP contribution in [0.1, 0.15) is 28.4 Å². The van der Waals surface area contributed by atoms with Crippen molar-refractivity contribution in [3.63, 3.8) is 0 Å². The molecule has 0 radical (unpaired) electrons. The molecule has 35 heavy (non-hydrogen) atoms. The van der Waals surface area contributed by atoms with E-state index in [2.05, 4.69) is 5.32 Å². The number of likely N-dealkylation sites (N-methyl/N-ethyl adjacent to an activating group) is 1. The molecule has 0 aliphatic carbocycles. The third-order valence-corrected chi connectivity index (χ3v) is 6.14. The Balaban J connectivity index is 1.55. The maximum absolute atomic E-state index is 14.3. The van der Waals surface area contributed by atoms with Crippen molar-refractivity contribution in [1.82, 2.24) is 10.2 Å². The van der Waals surface area contributed by atoms with Gasteiger partial charge in [0, 0.05) is 19.2 Å². The Kier molecular flexibility index (Phi) is 7.10. The number of carbonyl (C=O) groups excluding carboxylic acids is 3. The predicted octanol–water partition coefficient (Wildman–Crippen LogP) is 3.57. The second kappa shape index (κ2) is 10.4. The number of hydrogen-bond donors (Lipinski definition) is 1. The van der Waals surface area contributed by atoms with Crippen LogP contribution in [0.15, 0.2) is 78.9 Å². The van der Waals surface area contributed by atoms with E-state index in [-0.39, 0.29) is 18.1 Å². The quantitative estimate of drug-likeness (QED) is 0.567. The molecule has 2 atom stereocenters. The van der Waals surface area contributed by atoms with Gasteiger partial charge in [0.25, 0.3) is 5.91 Å². The van der Waals surface area contributed by atoms with Crippen LogP contribution >= 0.6 is 0 Å². The van der Waals surface area contributed by atoms with E-state index in [4.69, 9.17) is 4.74 Å². The van der Waals surface area contributed by atoms with Crippen molar-refractivity contribution in [2.75, 3.05) is 25.6 Å². The summed E-state index contributed by atoms with van der Waals surface area (Å²) in [7, 11) is 3.07. The first-order valence-electron chi connectivity index (χ1n) is 11.2. The van der Waals surface area contributed by atoms with Crippen LogP contribution in [-0.4, -0.2) is 49.4 Å². The van der Waals surface area contributed by atoms with Crippen molar-refractivity contribution in [1.29, 1.82) is 0 Å². The topological polar surface area (TPSA) is 79.0 Å². The van der Waals surface area contributed by atoms with Crippen molar-refractivity contribution in [2.24, 2.45) is 0 Å². The molecular formula is C27H26FN3O4. The van der Waals surface area contributed by atoms with Crippen molar-refractivity contribution in [2.45, 2.75) is 18.5 Å². The lowest BCUT2D eigenvalue weighted by Gasteiger charge is -2.29. The molecule has 0 spiro atoms. The second-order valence-electron chi connectivity index (χ2n) is 8.24. The van der Waals surface area contributed by atoms with Gasteiger partial charge in [0.15, 0.2) is 0 Å². The minimum atomic E-state index is -1.01. The van der Waals surface area contributed by atoms with Crippen molar-refractivity contribution < 1.29 is 23.5 Å². The molecule has 1 fully saturated rings. The van der Waals surface area contributed by atoms with Gasteiger partial charge in [0.2, 0.25) is 11.8 Å². The minimum absolute atomic E-state index is 0.188. The summed E-state index contributed by atoms with van der Waals surface area (Å²) in [6.45, 7) is 0.288. The van der Waals surface area contributed by atoms with Gasteiger partial charge in [-0.2, -0.15) is 0 Å². The fourth-order valence-electron chi connectivity index (χ4n) is 4.18. The van der Waals surface area contributed by atoms with Crippen LogP contribution in [0, 0.1) is 5.82 Å². The van der Waals surface area contributed by atoms with Gasteiger partial charge in [-0.25, -0.2) is 4.39 Å². The number of amides is 3. The van der Waals surface area contributed by atoms with E-state index in [0.29, 0.717) is 23.3 Å². The molecule has 7 nitrogen and oxygen atoms in total. The molecule has 0 bridgehead atoms. The molecule has 8 heteroatoms. The van der Waals surface area contributed by atoms with Crippen LogP contribution in [0.5, 0.6) is 5.75 Å². The van der Waals surface area contributed by atoms with Crippen LogP contribution in [0.3, 0.4) is 0 Å². The standard InChI is InChI=1S/C27H26FN3O4/c1-30(23-16-17-31(26(23)33)22-11-7-6-10-21(22)28)27(34)24(18-8-4-3-5-9-18)29-25(32)19-12-14-20(35-2)15-13-19/h3-15,23-24H,16-17H2,1-2H3,(H,29,32). The number of nitrogens with zero attached hydrogens (tertiary/aromatic N) is 2. The molecule has 4 rings (SSSR count). The van der Waals surface area contributed by atoms with E-state index >= 15 is 0 Å². The number of rotatable bonds is 7. The van der Waals surface area contributed by atoms with Crippen molar-refractivity contribution in [3.05, 3.63) is 95.8 Å². The Labute approximate surface area is 203 Å². The van der Waals surface area contributed by atoms with E-state index in [9.17, 15) is 18.8 Å². The monoisotopic (exact) mass is 475 g/mol. The van der Waals surface area contributed by atoms with Crippen molar-refractivity contribution >= 4 is 23.4 Å². The molecule has 1 heterocycles. The normalized spacial score (nSPS) is 16.0. The highest BCUT2D eigenvalue weighted by Crippen LogP contribution is 2.28. The van der Waals surface area contributed by atoms with Crippen LogP contribution in [0.4, 0.5) is 10.1 Å². The SMILES string of the molecule is COc1ccc(C(=O)NC(C(=O)N(C)C2CCN(c3ccccc3F)C2=O)c2ccccc2)cc1. The largest absolute Gasteiger partial charge is 0.497 e. The summed E-state index contributed by atoms with van der Waals surface area (Å²) in [5, 5.41) is 2.80. The number of para-hydroxylation sites is 1. The van der Waals surface area contributed by atoms with Gasteiger partial charge in [-0.05, 0) is 48.4 Å². The first-order chi connectivity index (χ1) is 16.9. The summed E-state index contributed by atoms with van der Waals surface area (Å²) in [5.41, 5.74) is 1.14. The number of nitrogens with one attached hydrogen (secondary N) is 1. The Morgan fingerprint density at radius 3 is 2.34 bits per heavy atom. The maximum atomic E-state index is 14.3. The highest BCUT2D eigenvalue weighted by atomic mass is 19.1. The van der Waals surface area contributed by atoms with Gasteiger partial charge < -0.3 is 19.9 Å². The Morgan fingerprint density at radius 1 is 1.03 bits per heavy atom. The number of anilines is 1.